The molecule has 0 amide bonds. The van der Waals surface area contributed by atoms with Gasteiger partial charge in [0, 0.05) is 12.2 Å². The molecule has 6 heteroatoms. The van der Waals surface area contributed by atoms with Crippen LogP contribution in [0.25, 0.3) is 0 Å². The largest absolute Gasteiger partial charge is 0.481 e. The van der Waals surface area contributed by atoms with Gasteiger partial charge in [-0.25, -0.2) is 4.39 Å². The fraction of sp³-hybridized carbons (Fsp3) is 0.458. The van der Waals surface area contributed by atoms with Gasteiger partial charge in [-0.05, 0) is 81.0 Å². The Morgan fingerprint density at radius 3 is 2.57 bits per heavy atom. The molecule has 2 aromatic carbocycles. The van der Waals surface area contributed by atoms with E-state index in [0.29, 0.717) is 0 Å². The lowest BCUT2D eigenvalue weighted by molar-refractivity contribution is -0.137. The van der Waals surface area contributed by atoms with Crippen LogP contribution in [0.4, 0.5) is 21.5 Å². The van der Waals surface area contributed by atoms with Crippen LogP contribution in [0.2, 0.25) is 0 Å². The summed E-state index contributed by atoms with van der Waals surface area (Å²) in [5.74, 6) is -1.21. The molecule has 0 aromatic heterocycles. The van der Waals surface area contributed by atoms with Crippen molar-refractivity contribution in [2.75, 3.05) is 16.8 Å². The average Bonchev–Trinajstić information content (AvgIpc) is 3.18. The molecular weight excluding hydrogens is 383 g/mol. The van der Waals surface area contributed by atoms with Crippen LogP contribution in [0.3, 0.4) is 0 Å². The maximum absolute atomic E-state index is 13.4. The minimum atomic E-state index is -0.850. The number of carboxylic acid groups (broad SMARTS) is 1. The molecule has 30 heavy (non-hydrogen) atoms. The van der Waals surface area contributed by atoms with Crippen LogP contribution in [0.5, 0.6) is 0 Å². The smallest absolute Gasteiger partial charge is 0.303 e. The second-order valence-electron chi connectivity index (χ2n) is 8.62. The molecule has 1 heterocycles. The van der Waals surface area contributed by atoms with E-state index in [2.05, 4.69) is 10.2 Å². The number of anilines is 3. The summed E-state index contributed by atoms with van der Waals surface area (Å²) in [6, 6.07) is 12.1. The maximum atomic E-state index is 13.4. The van der Waals surface area contributed by atoms with Gasteiger partial charge in [-0.3, -0.25) is 4.79 Å². The Morgan fingerprint density at radius 1 is 1.27 bits per heavy atom. The quantitative estimate of drug-likeness (QED) is 0.548. The molecule has 1 saturated heterocycles. The Balaban J connectivity index is 2.02. The number of nitrogens with one attached hydrogen (secondary N) is 1. The Morgan fingerprint density at radius 2 is 1.97 bits per heavy atom. The van der Waals surface area contributed by atoms with Crippen molar-refractivity contribution in [1.82, 2.24) is 0 Å². The number of benzene rings is 2. The summed E-state index contributed by atoms with van der Waals surface area (Å²) in [5, 5.41) is 23.3. The lowest BCUT2D eigenvalue weighted by Gasteiger charge is -2.36. The fourth-order valence-corrected chi connectivity index (χ4v) is 4.35. The van der Waals surface area contributed by atoms with Crippen LogP contribution in [0.1, 0.15) is 57.9 Å². The molecule has 0 aliphatic carbocycles. The van der Waals surface area contributed by atoms with Crippen molar-refractivity contribution < 1.29 is 19.4 Å². The first kappa shape index (κ1) is 22.1. The van der Waals surface area contributed by atoms with Crippen LogP contribution >= 0.6 is 0 Å². The van der Waals surface area contributed by atoms with Crippen LogP contribution < -0.4 is 10.2 Å². The second kappa shape index (κ2) is 9.04. The lowest BCUT2D eigenvalue weighted by atomic mass is 9.91. The Labute approximate surface area is 177 Å². The van der Waals surface area contributed by atoms with Gasteiger partial charge in [-0.15, -0.1) is 0 Å². The maximum Gasteiger partial charge on any atom is 0.303 e. The summed E-state index contributed by atoms with van der Waals surface area (Å²) in [6.07, 6.45) is 2.68. The van der Waals surface area contributed by atoms with Gasteiger partial charge in [0.25, 0.3) is 0 Å². The Kier molecular flexibility index (Phi) is 6.66. The minimum absolute atomic E-state index is 0.0156. The highest BCUT2D eigenvalue weighted by molar-refractivity contribution is 5.77. The fourth-order valence-electron chi connectivity index (χ4n) is 4.35. The van der Waals surface area contributed by atoms with Crippen molar-refractivity contribution in [3.63, 3.8) is 0 Å². The van der Waals surface area contributed by atoms with E-state index in [4.69, 9.17) is 0 Å². The van der Waals surface area contributed by atoms with Gasteiger partial charge in [-0.2, -0.15) is 0 Å². The number of hydrogen-bond acceptors (Lipinski definition) is 4. The first-order chi connectivity index (χ1) is 14.2. The predicted octanol–water partition coefficient (Wildman–Crippen LogP) is 5.28. The molecule has 2 atom stereocenters. The molecule has 1 unspecified atom stereocenters. The van der Waals surface area contributed by atoms with Crippen molar-refractivity contribution in [3.8, 4) is 0 Å². The molecule has 0 radical (unpaired) electrons. The summed E-state index contributed by atoms with van der Waals surface area (Å²) in [4.78, 5) is 13.5. The van der Waals surface area contributed by atoms with Crippen molar-refractivity contribution in [2.24, 2.45) is 0 Å². The van der Waals surface area contributed by atoms with Gasteiger partial charge < -0.3 is 20.4 Å². The summed E-state index contributed by atoms with van der Waals surface area (Å²) < 4.78 is 13.4. The van der Waals surface area contributed by atoms with E-state index in [1.807, 2.05) is 39.0 Å². The molecule has 0 bridgehead atoms. The summed E-state index contributed by atoms with van der Waals surface area (Å²) in [5.41, 5.74) is 2.64. The molecule has 3 N–H and O–H groups in total. The SMILES string of the molecule is CCC(CC(=O)O)c1ccc(N2CCC[C@H]2C(C)(C)O)c(Nc2ccc(F)cc2)c1. The molecule has 3 rings (SSSR count). The molecule has 1 aliphatic rings. The third-order valence-corrected chi connectivity index (χ3v) is 5.91. The van der Waals surface area contributed by atoms with Crippen molar-refractivity contribution >= 4 is 23.0 Å². The number of carbonyl (C=O) groups is 1. The number of nitrogens with zero attached hydrogens (tertiary/aromatic N) is 1. The summed E-state index contributed by atoms with van der Waals surface area (Å²) in [7, 11) is 0. The number of aliphatic hydroxyl groups is 1. The van der Waals surface area contributed by atoms with Crippen LogP contribution in [0, 0.1) is 5.82 Å². The highest BCUT2D eigenvalue weighted by Gasteiger charge is 2.37. The normalized spacial score (nSPS) is 17.8. The molecule has 0 saturated carbocycles. The summed E-state index contributed by atoms with van der Waals surface area (Å²) in [6.45, 7) is 6.48. The molecule has 2 aromatic rings. The molecule has 162 valence electrons. The van der Waals surface area contributed by atoms with E-state index < -0.39 is 11.6 Å². The molecule has 0 spiro atoms. The number of hydrogen-bond donors (Lipinski definition) is 3. The van der Waals surface area contributed by atoms with Gasteiger partial charge in [0.2, 0.25) is 0 Å². The monoisotopic (exact) mass is 414 g/mol. The minimum Gasteiger partial charge on any atom is -0.481 e. The zero-order valence-electron chi connectivity index (χ0n) is 17.9. The van der Waals surface area contributed by atoms with Gasteiger partial charge in [0.05, 0.1) is 29.4 Å². The van der Waals surface area contributed by atoms with Gasteiger partial charge in [-0.1, -0.05) is 13.0 Å². The van der Waals surface area contributed by atoms with Crippen molar-refractivity contribution in [3.05, 3.63) is 53.8 Å². The highest BCUT2D eigenvalue weighted by Crippen LogP contribution is 2.39. The number of rotatable bonds is 8. The van der Waals surface area contributed by atoms with Gasteiger partial charge in [0.1, 0.15) is 5.82 Å². The van der Waals surface area contributed by atoms with Crippen molar-refractivity contribution in [2.45, 2.75) is 64.0 Å². The van der Waals surface area contributed by atoms with Gasteiger partial charge >= 0.3 is 5.97 Å². The van der Waals surface area contributed by atoms with Crippen LogP contribution in [-0.2, 0) is 4.79 Å². The van der Waals surface area contributed by atoms with E-state index in [-0.39, 0.29) is 24.2 Å². The van der Waals surface area contributed by atoms with E-state index in [0.717, 1.165) is 48.4 Å². The Hall–Kier alpha value is -2.60. The second-order valence-corrected chi connectivity index (χ2v) is 8.62. The first-order valence-electron chi connectivity index (χ1n) is 10.6. The molecular formula is C24H31FN2O3. The molecule has 5 nitrogen and oxygen atoms in total. The van der Waals surface area contributed by atoms with E-state index in [9.17, 15) is 19.4 Å². The number of halogens is 1. The molecule has 1 fully saturated rings. The summed E-state index contributed by atoms with van der Waals surface area (Å²) >= 11 is 0. The predicted molar refractivity (Wildman–Crippen MR) is 118 cm³/mol. The van der Waals surface area contributed by atoms with E-state index in [1.165, 1.54) is 12.1 Å². The van der Waals surface area contributed by atoms with Crippen LogP contribution in [-0.4, -0.2) is 34.4 Å². The molecule has 1 aliphatic heterocycles. The zero-order chi connectivity index (χ0) is 21.9. The standard InChI is InChI=1S/C24H31FN2O3/c1-4-16(15-23(28)29)17-7-12-21(27-13-5-6-22(27)24(2,3)30)20(14-17)26-19-10-8-18(25)9-11-19/h7-12,14,16,22,26,30H,4-6,13,15H2,1-3H3,(H,28,29)/t16?,22-/m0/s1. The third kappa shape index (κ3) is 5.11. The topological polar surface area (TPSA) is 72.8 Å². The van der Waals surface area contributed by atoms with Crippen molar-refractivity contribution in [1.29, 1.82) is 0 Å². The van der Waals surface area contributed by atoms with Gasteiger partial charge in [0.15, 0.2) is 0 Å². The van der Waals surface area contributed by atoms with E-state index in [1.54, 1.807) is 12.1 Å². The average molecular weight is 415 g/mol. The zero-order valence-corrected chi connectivity index (χ0v) is 17.9. The van der Waals surface area contributed by atoms with E-state index >= 15 is 0 Å². The lowest BCUT2D eigenvalue weighted by Crippen LogP contribution is -2.46. The third-order valence-electron chi connectivity index (χ3n) is 5.91. The first-order valence-corrected chi connectivity index (χ1v) is 10.6. The highest BCUT2D eigenvalue weighted by atomic mass is 19.1. The Bertz CT molecular complexity index is 877. The number of carboxylic acids is 1. The van der Waals surface area contributed by atoms with Crippen LogP contribution in [0.15, 0.2) is 42.5 Å². The number of aliphatic carboxylic acids is 1.